The molecule has 0 amide bonds. The molecular weight excluding hydrogens is 909 g/mol. The van der Waals surface area contributed by atoms with Crippen molar-refractivity contribution in [2.75, 3.05) is 35.0 Å². The van der Waals surface area contributed by atoms with Crippen molar-refractivity contribution in [3.63, 3.8) is 0 Å². The fourth-order valence-electron chi connectivity index (χ4n) is 5.10. The number of carbonyl (C=O) groups excluding carboxylic acids is 3. The summed E-state index contributed by atoms with van der Waals surface area (Å²) in [7, 11) is 6.44. The molecule has 296 valence electrons. The molecule has 4 aromatic heterocycles. The molecule has 0 saturated heterocycles. The van der Waals surface area contributed by atoms with Crippen LogP contribution in [0.1, 0.15) is 62.0 Å². The van der Waals surface area contributed by atoms with E-state index in [9.17, 15) is 4.79 Å². The van der Waals surface area contributed by atoms with Crippen molar-refractivity contribution in [2.45, 2.75) is 44.9 Å². The summed E-state index contributed by atoms with van der Waals surface area (Å²) in [6.45, 7) is 7.99. The molecule has 6 rings (SSSR count). The van der Waals surface area contributed by atoms with Gasteiger partial charge in [0.1, 0.15) is 47.3 Å². The van der Waals surface area contributed by atoms with E-state index in [4.69, 9.17) is 79.7 Å². The van der Waals surface area contributed by atoms with Gasteiger partial charge in [0.15, 0.2) is 5.75 Å². The lowest BCUT2D eigenvalue weighted by Gasteiger charge is -2.07. The lowest BCUT2D eigenvalue weighted by molar-refractivity contribution is -0.191. The van der Waals surface area contributed by atoms with Gasteiger partial charge in [-0.3, -0.25) is 4.79 Å². The standard InChI is InChI=1S/C12H14ClNO3.C11H14ClNO.C8H8ClNO.C6H5ClINO.CO2/c1-3-17-12(15)8-6-7(8)11-9(16-2)4-5-10(13)14-11;1-3-7-6-8(7)11-9(14-2)4-5-10(12)13-11;1-3-6-7(11-2)4-5-8(9)10-6;1-10-4-2-3-5(7)9-6(4)8;2-1-3/h4-5,7-8H,3,6H2,1-2H3;4-5,7-8H,3,6H2,1-2H3;3-5H,1H2,2H3;2-3H,1H3;. The third-order valence-electron chi connectivity index (χ3n) is 7.94. The number of aromatic nitrogens is 4. The minimum atomic E-state index is -0.165. The summed E-state index contributed by atoms with van der Waals surface area (Å²) in [6.07, 6.45) is 5.04. The van der Waals surface area contributed by atoms with Gasteiger partial charge in [0, 0.05) is 11.8 Å². The molecule has 2 aliphatic rings. The molecule has 0 bridgehead atoms. The van der Waals surface area contributed by atoms with Crippen molar-refractivity contribution in [1.29, 1.82) is 0 Å². The maximum absolute atomic E-state index is 11.5. The largest absolute Gasteiger partial charge is 0.495 e. The Morgan fingerprint density at radius 2 is 1.16 bits per heavy atom. The van der Waals surface area contributed by atoms with Crippen LogP contribution in [0.2, 0.25) is 20.6 Å². The maximum atomic E-state index is 11.5. The normalized spacial score (nSPS) is 16.9. The number of hydrogen-bond donors (Lipinski definition) is 0. The van der Waals surface area contributed by atoms with E-state index in [1.807, 2.05) is 6.07 Å². The molecule has 4 aromatic rings. The average Bonchev–Trinajstić information content (AvgIpc) is 4.11. The van der Waals surface area contributed by atoms with Gasteiger partial charge in [0.25, 0.3) is 0 Å². The lowest BCUT2D eigenvalue weighted by atomic mass is 10.2. The van der Waals surface area contributed by atoms with E-state index in [0.29, 0.717) is 50.3 Å². The molecule has 2 fully saturated rings. The summed E-state index contributed by atoms with van der Waals surface area (Å²) < 4.78 is 26.2. The minimum absolute atomic E-state index is 0.0719. The molecule has 12 nitrogen and oxygen atoms in total. The summed E-state index contributed by atoms with van der Waals surface area (Å²) in [5.41, 5.74) is 2.45. The monoisotopic (exact) mass is 948 g/mol. The number of esters is 1. The van der Waals surface area contributed by atoms with Gasteiger partial charge in [0.2, 0.25) is 0 Å². The Hall–Kier alpha value is -3.72. The van der Waals surface area contributed by atoms with E-state index in [0.717, 1.165) is 38.9 Å². The van der Waals surface area contributed by atoms with E-state index in [1.165, 1.54) is 12.8 Å². The topological polar surface area (TPSA) is 149 Å². The smallest absolute Gasteiger partial charge is 0.373 e. The number of halogens is 5. The van der Waals surface area contributed by atoms with Gasteiger partial charge in [-0.15, -0.1) is 0 Å². The van der Waals surface area contributed by atoms with Crippen LogP contribution in [-0.4, -0.2) is 67.1 Å². The van der Waals surface area contributed by atoms with Gasteiger partial charge in [-0.1, -0.05) is 66.3 Å². The van der Waals surface area contributed by atoms with Crippen LogP contribution in [0.3, 0.4) is 0 Å². The van der Waals surface area contributed by atoms with Gasteiger partial charge in [-0.25, -0.2) is 19.9 Å². The van der Waals surface area contributed by atoms with Crippen molar-refractivity contribution in [2.24, 2.45) is 11.8 Å². The summed E-state index contributed by atoms with van der Waals surface area (Å²) in [5.74, 6) is 4.12. The van der Waals surface area contributed by atoms with Crippen LogP contribution in [0.15, 0.2) is 55.1 Å². The highest BCUT2D eigenvalue weighted by molar-refractivity contribution is 14.1. The molecule has 4 heterocycles. The third-order valence-corrected chi connectivity index (χ3v) is 9.55. The lowest BCUT2D eigenvalue weighted by Crippen LogP contribution is -2.08. The van der Waals surface area contributed by atoms with Gasteiger partial charge in [-0.05, 0) is 103 Å². The van der Waals surface area contributed by atoms with Crippen LogP contribution in [0.5, 0.6) is 23.0 Å². The number of nitrogens with zero attached hydrogens (tertiary/aromatic N) is 4. The summed E-state index contributed by atoms with van der Waals surface area (Å²) in [6, 6.07) is 14.0. The van der Waals surface area contributed by atoms with E-state index >= 15 is 0 Å². The van der Waals surface area contributed by atoms with Gasteiger partial charge in [0.05, 0.1) is 52.4 Å². The Morgan fingerprint density at radius 3 is 1.58 bits per heavy atom. The second-order valence-corrected chi connectivity index (χ2v) is 13.9. The molecular formula is C38H41Cl4IN4O8. The van der Waals surface area contributed by atoms with Crippen molar-refractivity contribution < 1.29 is 38.1 Å². The fourth-order valence-corrected chi connectivity index (χ4v) is 6.51. The first-order chi connectivity index (χ1) is 26.4. The quantitative estimate of drug-likeness (QED) is 0.0847. The van der Waals surface area contributed by atoms with Gasteiger partial charge >= 0.3 is 12.1 Å². The molecule has 55 heavy (non-hydrogen) atoms. The number of hydrogen-bond acceptors (Lipinski definition) is 12. The molecule has 0 aromatic carbocycles. The first kappa shape index (κ1) is 47.4. The van der Waals surface area contributed by atoms with Crippen molar-refractivity contribution in [3.05, 3.63) is 96.5 Å². The average molecular weight is 950 g/mol. The van der Waals surface area contributed by atoms with Crippen LogP contribution in [-0.2, 0) is 19.1 Å². The number of methoxy groups -OCH3 is 4. The molecule has 0 aliphatic heterocycles. The Bertz CT molecular complexity index is 1900. The first-order valence-electron chi connectivity index (χ1n) is 16.6. The van der Waals surface area contributed by atoms with Crippen molar-refractivity contribution >= 4 is 87.2 Å². The second-order valence-electron chi connectivity index (χ2n) is 11.3. The summed E-state index contributed by atoms with van der Waals surface area (Å²) in [4.78, 5) is 44.3. The minimum Gasteiger partial charge on any atom is -0.495 e. The van der Waals surface area contributed by atoms with Crippen LogP contribution < -0.4 is 18.9 Å². The molecule has 2 aliphatic carbocycles. The third kappa shape index (κ3) is 15.4. The SMILES string of the molecule is C=Cc1nc(Cl)ccc1OC.CCC1CC1c1nc(Cl)ccc1OC.CCOC(=O)C1CC1c1nc(Cl)ccc1OC.COc1ccc(Cl)nc1I.O=C=O. The molecule has 0 spiro atoms. The van der Waals surface area contributed by atoms with Gasteiger partial charge < -0.3 is 23.7 Å². The van der Waals surface area contributed by atoms with Crippen LogP contribution in [0, 0.1) is 15.5 Å². The van der Waals surface area contributed by atoms with E-state index in [-0.39, 0.29) is 24.0 Å². The predicted octanol–water partition coefficient (Wildman–Crippen LogP) is 9.82. The molecule has 4 unspecified atom stereocenters. The van der Waals surface area contributed by atoms with E-state index in [1.54, 1.807) is 83.9 Å². The predicted molar refractivity (Wildman–Crippen MR) is 220 cm³/mol. The number of pyridine rings is 4. The zero-order chi connectivity index (χ0) is 41.1. The maximum Gasteiger partial charge on any atom is 0.373 e. The molecule has 4 atom stereocenters. The highest BCUT2D eigenvalue weighted by atomic mass is 127. The molecule has 17 heteroatoms. The molecule has 0 N–H and O–H groups in total. The zero-order valence-electron chi connectivity index (χ0n) is 31.0. The van der Waals surface area contributed by atoms with Crippen LogP contribution in [0.4, 0.5) is 0 Å². The Balaban J connectivity index is 0.000000252. The molecule has 2 saturated carbocycles. The van der Waals surface area contributed by atoms with Crippen molar-refractivity contribution in [3.8, 4) is 23.0 Å². The Morgan fingerprint density at radius 1 is 0.727 bits per heavy atom. The summed E-state index contributed by atoms with van der Waals surface area (Å²) in [5, 5.41) is 1.91. The van der Waals surface area contributed by atoms with E-state index < -0.39 is 0 Å². The Kier molecular flexibility index (Phi) is 21.3. The zero-order valence-corrected chi connectivity index (χ0v) is 36.2. The number of carbonyl (C=O) groups is 1. The Labute approximate surface area is 354 Å². The fraction of sp³-hybridized carbons (Fsp3) is 0.368. The van der Waals surface area contributed by atoms with Crippen LogP contribution in [0.25, 0.3) is 6.08 Å². The van der Waals surface area contributed by atoms with Crippen molar-refractivity contribution in [1.82, 2.24) is 19.9 Å². The molecule has 0 radical (unpaired) electrons. The number of rotatable bonds is 10. The highest BCUT2D eigenvalue weighted by Crippen LogP contribution is 2.52. The van der Waals surface area contributed by atoms with Gasteiger partial charge in [-0.2, -0.15) is 9.59 Å². The second kappa shape index (κ2) is 24.7. The van der Waals surface area contributed by atoms with E-state index in [2.05, 4.69) is 56.0 Å². The van der Waals surface area contributed by atoms with Crippen LogP contribution >= 0.6 is 69.0 Å². The number of ether oxygens (including phenoxy) is 5. The highest BCUT2D eigenvalue weighted by Gasteiger charge is 2.47. The summed E-state index contributed by atoms with van der Waals surface area (Å²) >= 11 is 25.0. The first-order valence-corrected chi connectivity index (χ1v) is 19.2.